The second-order valence-electron chi connectivity index (χ2n) is 4.43. The van der Waals surface area contributed by atoms with Crippen LogP contribution in [0, 0.1) is 0 Å². The van der Waals surface area contributed by atoms with Crippen LogP contribution in [0.1, 0.15) is 0 Å². The van der Waals surface area contributed by atoms with Crippen LogP contribution in [-0.4, -0.2) is 11.3 Å². The molecule has 0 amide bonds. The van der Waals surface area contributed by atoms with Gasteiger partial charge in [-0.1, -0.05) is 12.1 Å². The molecular weight excluding hydrogens is 381 g/mol. The minimum atomic E-state index is -4.70. The molecule has 0 atom stereocenters. The number of ether oxygens (including phenoxy) is 1. The van der Waals surface area contributed by atoms with Crippen LogP contribution >= 0.6 is 27.3 Å². The minimum absolute atomic E-state index is 0.268. The Kier molecular flexibility index (Phi) is 3.73. The van der Waals surface area contributed by atoms with Crippen LogP contribution in [0.15, 0.2) is 40.3 Å². The zero-order valence-corrected chi connectivity index (χ0v) is 13.2. The summed E-state index contributed by atoms with van der Waals surface area (Å²) in [6.45, 7) is 0. The van der Waals surface area contributed by atoms with Gasteiger partial charge in [0.2, 0.25) is 0 Å². The average Bonchev–Trinajstić information content (AvgIpc) is 2.92. The van der Waals surface area contributed by atoms with Crippen molar-refractivity contribution in [1.29, 1.82) is 0 Å². The number of nitrogen functional groups attached to an aromatic ring is 1. The molecule has 3 nitrogen and oxygen atoms in total. The standard InChI is InChI=1S/C14H8BrF3N2OS/c15-11-10(19)5-9(12-13(11)22-6-20-12)7-1-3-8(4-2-7)21-14(16,17)18/h1-6H,19H2. The van der Waals surface area contributed by atoms with Gasteiger partial charge in [-0.15, -0.1) is 24.5 Å². The van der Waals surface area contributed by atoms with Crippen molar-refractivity contribution in [2.24, 2.45) is 0 Å². The van der Waals surface area contributed by atoms with Gasteiger partial charge in [0.15, 0.2) is 0 Å². The van der Waals surface area contributed by atoms with Crippen molar-refractivity contribution in [2.75, 3.05) is 5.73 Å². The highest BCUT2D eigenvalue weighted by molar-refractivity contribution is 9.10. The third kappa shape index (κ3) is 2.89. The van der Waals surface area contributed by atoms with Crippen molar-refractivity contribution >= 4 is 43.2 Å². The SMILES string of the molecule is Nc1cc(-c2ccc(OC(F)(F)F)cc2)c2ncsc2c1Br. The molecule has 1 aromatic heterocycles. The number of alkyl halides is 3. The average molecular weight is 389 g/mol. The van der Waals surface area contributed by atoms with Crippen LogP contribution in [0.25, 0.3) is 21.3 Å². The molecule has 0 radical (unpaired) electrons. The monoisotopic (exact) mass is 388 g/mol. The Morgan fingerprint density at radius 1 is 1.18 bits per heavy atom. The lowest BCUT2D eigenvalue weighted by atomic mass is 10.0. The van der Waals surface area contributed by atoms with E-state index in [2.05, 4.69) is 25.7 Å². The van der Waals surface area contributed by atoms with E-state index in [1.54, 1.807) is 23.7 Å². The molecule has 22 heavy (non-hydrogen) atoms. The lowest BCUT2D eigenvalue weighted by Gasteiger charge is -2.10. The largest absolute Gasteiger partial charge is 0.573 e. The summed E-state index contributed by atoms with van der Waals surface area (Å²) in [5, 5.41) is 0. The second kappa shape index (κ2) is 5.44. The summed E-state index contributed by atoms with van der Waals surface area (Å²) in [7, 11) is 0. The van der Waals surface area contributed by atoms with Gasteiger partial charge in [0.05, 0.1) is 20.2 Å². The number of anilines is 1. The van der Waals surface area contributed by atoms with Crippen molar-refractivity contribution in [1.82, 2.24) is 4.98 Å². The van der Waals surface area contributed by atoms with Crippen molar-refractivity contribution in [3.63, 3.8) is 0 Å². The van der Waals surface area contributed by atoms with Crippen molar-refractivity contribution in [3.05, 3.63) is 40.3 Å². The molecule has 0 saturated heterocycles. The van der Waals surface area contributed by atoms with E-state index >= 15 is 0 Å². The first-order valence-corrected chi connectivity index (χ1v) is 7.70. The summed E-state index contributed by atoms with van der Waals surface area (Å²) in [6.07, 6.45) is -4.70. The highest BCUT2D eigenvalue weighted by Gasteiger charge is 2.31. The topological polar surface area (TPSA) is 48.1 Å². The Balaban J connectivity index is 2.05. The summed E-state index contributed by atoms with van der Waals surface area (Å²) in [4.78, 5) is 4.30. The number of aromatic nitrogens is 1. The summed E-state index contributed by atoms with van der Waals surface area (Å²) >= 11 is 4.85. The number of halogens is 4. The fourth-order valence-electron chi connectivity index (χ4n) is 2.07. The molecule has 0 saturated carbocycles. The maximum atomic E-state index is 12.2. The highest BCUT2D eigenvalue weighted by atomic mass is 79.9. The van der Waals surface area contributed by atoms with Gasteiger partial charge in [-0.3, -0.25) is 0 Å². The third-order valence-corrected chi connectivity index (χ3v) is 4.93. The van der Waals surface area contributed by atoms with E-state index in [0.717, 1.165) is 20.3 Å². The van der Waals surface area contributed by atoms with E-state index in [-0.39, 0.29) is 5.75 Å². The molecule has 0 aliphatic carbocycles. The van der Waals surface area contributed by atoms with E-state index in [9.17, 15) is 13.2 Å². The number of hydrogen-bond donors (Lipinski definition) is 1. The first kappa shape index (κ1) is 15.1. The fourth-order valence-corrected chi connectivity index (χ4v) is 3.41. The molecule has 114 valence electrons. The third-order valence-electron chi connectivity index (χ3n) is 2.97. The molecule has 0 unspecified atom stereocenters. The zero-order chi connectivity index (χ0) is 15.9. The van der Waals surface area contributed by atoms with Gasteiger partial charge in [-0.25, -0.2) is 4.98 Å². The Bertz CT molecular complexity index is 830. The van der Waals surface area contributed by atoms with Gasteiger partial charge < -0.3 is 10.5 Å². The first-order chi connectivity index (χ1) is 10.3. The highest BCUT2D eigenvalue weighted by Crippen LogP contribution is 2.39. The Hall–Kier alpha value is -1.80. The molecule has 3 aromatic rings. The van der Waals surface area contributed by atoms with E-state index < -0.39 is 6.36 Å². The molecule has 3 rings (SSSR count). The normalized spacial score (nSPS) is 11.8. The summed E-state index contributed by atoms with van der Waals surface area (Å²) in [5.74, 6) is -0.268. The van der Waals surface area contributed by atoms with Gasteiger partial charge in [-0.2, -0.15) is 0 Å². The number of thiazole rings is 1. The van der Waals surface area contributed by atoms with E-state index in [4.69, 9.17) is 5.73 Å². The smallest absolute Gasteiger partial charge is 0.406 e. The molecule has 2 N–H and O–H groups in total. The number of benzene rings is 2. The first-order valence-electron chi connectivity index (χ1n) is 6.02. The van der Waals surface area contributed by atoms with Crippen molar-refractivity contribution < 1.29 is 17.9 Å². The molecule has 8 heteroatoms. The van der Waals surface area contributed by atoms with Crippen LogP contribution in [0.2, 0.25) is 0 Å². The number of hydrogen-bond acceptors (Lipinski definition) is 4. The molecule has 1 heterocycles. The van der Waals surface area contributed by atoms with Gasteiger partial charge in [0.25, 0.3) is 0 Å². The number of nitrogens with two attached hydrogens (primary N) is 1. The minimum Gasteiger partial charge on any atom is -0.406 e. The lowest BCUT2D eigenvalue weighted by Crippen LogP contribution is -2.16. The van der Waals surface area contributed by atoms with E-state index in [1.807, 2.05) is 0 Å². The van der Waals surface area contributed by atoms with Crippen LogP contribution in [0.4, 0.5) is 18.9 Å². The van der Waals surface area contributed by atoms with Crippen LogP contribution in [-0.2, 0) is 0 Å². The second-order valence-corrected chi connectivity index (χ2v) is 6.08. The van der Waals surface area contributed by atoms with Gasteiger partial charge >= 0.3 is 6.36 Å². The predicted molar refractivity (Wildman–Crippen MR) is 83.9 cm³/mol. The Morgan fingerprint density at radius 3 is 2.50 bits per heavy atom. The number of nitrogens with zero attached hydrogens (tertiary/aromatic N) is 1. The summed E-state index contributed by atoms with van der Waals surface area (Å²) in [5.41, 5.74) is 10.4. The zero-order valence-electron chi connectivity index (χ0n) is 10.8. The summed E-state index contributed by atoms with van der Waals surface area (Å²) in [6, 6.07) is 7.36. The molecule has 0 bridgehead atoms. The molecule has 0 aliphatic heterocycles. The summed E-state index contributed by atoms with van der Waals surface area (Å²) < 4.78 is 42.1. The number of fused-ring (bicyclic) bond motifs is 1. The number of rotatable bonds is 2. The molecule has 2 aromatic carbocycles. The lowest BCUT2D eigenvalue weighted by molar-refractivity contribution is -0.274. The van der Waals surface area contributed by atoms with Gasteiger partial charge in [-0.05, 0) is 39.7 Å². The van der Waals surface area contributed by atoms with Crippen molar-refractivity contribution in [2.45, 2.75) is 6.36 Å². The maximum Gasteiger partial charge on any atom is 0.573 e. The van der Waals surface area contributed by atoms with Gasteiger partial charge in [0.1, 0.15) is 5.75 Å². The van der Waals surface area contributed by atoms with Crippen LogP contribution < -0.4 is 10.5 Å². The molecular formula is C14H8BrF3N2OS. The molecule has 0 fully saturated rings. The Labute approximate surface area is 135 Å². The molecule has 0 spiro atoms. The molecule has 0 aliphatic rings. The quantitative estimate of drug-likeness (QED) is 0.613. The van der Waals surface area contributed by atoms with E-state index in [1.165, 1.54) is 23.5 Å². The van der Waals surface area contributed by atoms with E-state index in [0.29, 0.717) is 11.3 Å². The van der Waals surface area contributed by atoms with Crippen LogP contribution in [0.3, 0.4) is 0 Å². The maximum absolute atomic E-state index is 12.2. The predicted octanol–water partition coefficient (Wildman–Crippen LogP) is 5.21. The Morgan fingerprint density at radius 2 is 1.86 bits per heavy atom. The van der Waals surface area contributed by atoms with Crippen LogP contribution in [0.5, 0.6) is 5.75 Å². The van der Waals surface area contributed by atoms with Crippen molar-refractivity contribution in [3.8, 4) is 16.9 Å². The van der Waals surface area contributed by atoms with Gasteiger partial charge in [0, 0.05) is 11.3 Å². The fraction of sp³-hybridized carbons (Fsp3) is 0.0714.